The summed E-state index contributed by atoms with van der Waals surface area (Å²) in [5.41, 5.74) is 4.45. The molecule has 0 fully saturated rings. The lowest BCUT2D eigenvalue weighted by Gasteiger charge is -2.15. The summed E-state index contributed by atoms with van der Waals surface area (Å²) in [6.45, 7) is 10.4. The van der Waals surface area contributed by atoms with Crippen LogP contribution in [-0.4, -0.2) is 26.4 Å². The zero-order valence-corrected chi connectivity index (χ0v) is 19.8. The Morgan fingerprint density at radius 3 is 2.42 bits per heavy atom. The standard InChI is InChI=1S/C24H30N4O2S/c1-15(2)19-8-10-20(11-9-19)25-22(29)14-31-24-27-26-23(28(24)6)18(5)30-21-12-7-16(3)17(4)13-21/h7-13,15,18H,14H2,1-6H3,(H,25,29). The van der Waals surface area contributed by atoms with Gasteiger partial charge in [0, 0.05) is 12.7 Å². The zero-order chi connectivity index (χ0) is 22.5. The molecule has 3 aromatic rings. The summed E-state index contributed by atoms with van der Waals surface area (Å²) < 4.78 is 7.93. The number of aryl methyl sites for hydroxylation is 2. The minimum absolute atomic E-state index is 0.0775. The van der Waals surface area contributed by atoms with Gasteiger partial charge in [-0.15, -0.1) is 10.2 Å². The van der Waals surface area contributed by atoms with E-state index < -0.39 is 0 Å². The van der Waals surface area contributed by atoms with Crippen LogP contribution in [0.15, 0.2) is 47.6 Å². The molecule has 1 N–H and O–H groups in total. The maximum absolute atomic E-state index is 12.3. The predicted molar refractivity (Wildman–Crippen MR) is 126 cm³/mol. The summed E-state index contributed by atoms with van der Waals surface area (Å²) in [4.78, 5) is 12.3. The topological polar surface area (TPSA) is 69.0 Å². The molecule has 31 heavy (non-hydrogen) atoms. The van der Waals surface area contributed by atoms with Gasteiger partial charge in [-0.25, -0.2) is 0 Å². The number of ether oxygens (including phenoxy) is 1. The molecular formula is C24H30N4O2S. The van der Waals surface area contributed by atoms with Gasteiger partial charge in [-0.05, 0) is 67.6 Å². The number of rotatable bonds is 8. The van der Waals surface area contributed by atoms with Crippen LogP contribution in [0.2, 0.25) is 0 Å². The molecule has 3 rings (SSSR count). The molecule has 1 heterocycles. The second kappa shape index (κ2) is 10.0. The Morgan fingerprint density at radius 2 is 1.77 bits per heavy atom. The van der Waals surface area contributed by atoms with Crippen molar-refractivity contribution in [1.82, 2.24) is 14.8 Å². The molecule has 0 aliphatic carbocycles. The van der Waals surface area contributed by atoms with E-state index in [9.17, 15) is 4.79 Å². The summed E-state index contributed by atoms with van der Waals surface area (Å²) in [5, 5.41) is 12.1. The molecule has 0 saturated carbocycles. The smallest absolute Gasteiger partial charge is 0.234 e. The van der Waals surface area contributed by atoms with E-state index >= 15 is 0 Å². The highest BCUT2D eigenvalue weighted by atomic mass is 32.2. The number of hydrogen-bond donors (Lipinski definition) is 1. The number of anilines is 1. The highest BCUT2D eigenvalue weighted by Crippen LogP contribution is 2.25. The lowest BCUT2D eigenvalue weighted by Crippen LogP contribution is -2.15. The van der Waals surface area contributed by atoms with Crippen LogP contribution in [0.3, 0.4) is 0 Å². The van der Waals surface area contributed by atoms with E-state index in [2.05, 4.69) is 43.2 Å². The number of aromatic nitrogens is 3. The van der Waals surface area contributed by atoms with Crippen LogP contribution in [0.1, 0.15) is 55.3 Å². The maximum Gasteiger partial charge on any atom is 0.234 e. The molecule has 0 aliphatic heterocycles. The molecule has 0 aliphatic rings. The van der Waals surface area contributed by atoms with Crippen molar-refractivity contribution in [3.8, 4) is 5.75 Å². The van der Waals surface area contributed by atoms with Gasteiger partial charge in [0.05, 0.1) is 5.75 Å². The van der Waals surface area contributed by atoms with Crippen LogP contribution < -0.4 is 10.1 Å². The van der Waals surface area contributed by atoms with E-state index in [0.29, 0.717) is 16.9 Å². The van der Waals surface area contributed by atoms with Crippen molar-refractivity contribution in [2.45, 2.75) is 51.8 Å². The molecule has 164 valence electrons. The van der Waals surface area contributed by atoms with E-state index in [-0.39, 0.29) is 17.8 Å². The molecule has 0 spiro atoms. The summed E-state index contributed by atoms with van der Waals surface area (Å²) >= 11 is 1.35. The number of nitrogens with one attached hydrogen (secondary N) is 1. The van der Waals surface area contributed by atoms with Crippen molar-refractivity contribution in [1.29, 1.82) is 0 Å². The maximum atomic E-state index is 12.3. The van der Waals surface area contributed by atoms with E-state index in [1.54, 1.807) is 0 Å². The van der Waals surface area contributed by atoms with Gasteiger partial charge < -0.3 is 14.6 Å². The van der Waals surface area contributed by atoms with Gasteiger partial charge in [-0.3, -0.25) is 4.79 Å². The van der Waals surface area contributed by atoms with Crippen LogP contribution >= 0.6 is 11.8 Å². The largest absolute Gasteiger partial charge is 0.483 e. The van der Waals surface area contributed by atoms with Crippen LogP contribution in [0.4, 0.5) is 5.69 Å². The minimum atomic E-state index is -0.262. The van der Waals surface area contributed by atoms with E-state index in [4.69, 9.17) is 4.74 Å². The molecule has 7 heteroatoms. The van der Waals surface area contributed by atoms with Gasteiger partial charge in [0.1, 0.15) is 5.75 Å². The zero-order valence-electron chi connectivity index (χ0n) is 19.0. The Kier molecular flexibility index (Phi) is 7.38. The fraction of sp³-hybridized carbons (Fsp3) is 0.375. The first-order valence-electron chi connectivity index (χ1n) is 10.4. The van der Waals surface area contributed by atoms with Crippen molar-refractivity contribution < 1.29 is 9.53 Å². The fourth-order valence-electron chi connectivity index (χ4n) is 3.13. The molecule has 1 amide bonds. The fourth-order valence-corrected chi connectivity index (χ4v) is 3.85. The van der Waals surface area contributed by atoms with Crippen molar-refractivity contribution in [2.75, 3.05) is 11.1 Å². The summed E-state index contributed by atoms with van der Waals surface area (Å²) in [5.74, 6) is 2.16. The third-order valence-corrected chi connectivity index (χ3v) is 6.24. The van der Waals surface area contributed by atoms with Gasteiger partial charge in [0.15, 0.2) is 17.1 Å². The van der Waals surface area contributed by atoms with Gasteiger partial charge in [-0.1, -0.05) is 43.8 Å². The molecule has 1 atom stereocenters. The number of hydrogen-bond acceptors (Lipinski definition) is 5. The molecule has 0 saturated heterocycles. The van der Waals surface area contributed by atoms with E-state index in [1.807, 2.05) is 61.0 Å². The lowest BCUT2D eigenvalue weighted by molar-refractivity contribution is -0.113. The minimum Gasteiger partial charge on any atom is -0.483 e. The van der Waals surface area contributed by atoms with Gasteiger partial charge >= 0.3 is 0 Å². The van der Waals surface area contributed by atoms with Crippen molar-refractivity contribution in [2.24, 2.45) is 7.05 Å². The molecule has 6 nitrogen and oxygen atoms in total. The Balaban J connectivity index is 1.56. The average molecular weight is 439 g/mol. The number of amides is 1. The van der Waals surface area contributed by atoms with Crippen LogP contribution in [-0.2, 0) is 11.8 Å². The Morgan fingerprint density at radius 1 is 1.06 bits per heavy atom. The number of thioether (sulfide) groups is 1. The first-order chi connectivity index (χ1) is 14.7. The van der Waals surface area contributed by atoms with Gasteiger partial charge in [-0.2, -0.15) is 0 Å². The Bertz CT molecular complexity index is 1040. The van der Waals surface area contributed by atoms with Crippen LogP contribution in [0, 0.1) is 13.8 Å². The SMILES string of the molecule is Cc1ccc(OC(C)c2nnc(SCC(=O)Nc3ccc(C(C)C)cc3)n2C)cc1C. The van der Waals surface area contributed by atoms with Gasteiger partial charge in [0.2, 0.25) is 5.91 Å². The van der Waals surface area contributed by atoms with Crippen molar-refractivity contribution >= 4 is 23.4 Å². The van der Waals surface area contributed by atoms with Crippen LogP contribution in [0.5, 0.6) is 5.75 Å². The molecule has 1 unspecified atom stereocenters. The van der Waals surface area contributed by atoms with E-state index in [1.165, 1.54) is 28.5 Å². The molecule has 1 aromatic heterocycles. The monoisotopic (exact) mass is 438 g/mol. The summed E-state index contributed by atoms with van der Waals surface area (Å²) in [6, 6.07) is 14.0. The molecular weight excluding hydrogens is 408 g/mol. The number of carbonyl (C=O) groups excluding carboxylic acids is 1. The first-order valence-corrected chi connectivity index (χ1v) is 11.4. The average Bonchev–Trinajstić information content (AvgIpc) is 3.10. The molecule has 2 aromatic carbocycles. The first kappa shape index (κ1) is 22.9. The van der Waals surface area contributed by atoms with Crippen molar-refractivity contribution in [3.63, 3.8) is 0 Å². The van der Waals surface area contributed by atoms with Gasteiger partial charge in [0.25, 0.3) is 0 Å². The highest BCUT2D eigenvalue weighted by Gasteiger charge is 2.18. The quantitative estimate of drug-likeness (QED) is 0.475. The van der Waals surface area contributed by atoms with Crippen LogP contribution in [0.25, 0.3) is 0 Å². The number of benzene rings is 2. The predicted octanol–water partition coefficient (Wildman–Crippen LogP) is 5.43. The summed E-state index contributed by atoms with van der Waals surface area (Å²) in [6.07, 6.45) is -0.262. The second-order valence-electron chi connectivity index (χ2n) is 8.02. The Hall–Kier alpha value is -2.80. The number of nitrogens with zero attached hydrogens (tertiary/aromatic N) is 3. The third-order valence-electron chi connectivity index (χ3n) is 5.22. The van der Waals surface area contributed by atoms with E-state index in [0.717, 1.165) is 11.4 Å². The van der Waals surface area contributed by atoms with Crippen molar-refractivity contribution in [3.05, 3.63) is 65.0 Å². The third kappa shape index (κ3) is 5.88. The second-order valence-corrected chi connectivity index (χ2v) is 8.96. The lowest BCUT2D eigenvalue weighted by atomic mass is 10.0. The normalized spacial score (nSPS) is 12.1. The summed E-state index contributed by atoms with van der Waals surface area (Å²) in [7, 11) is 1.89. The Labute approximate surface area is 188 Å². The molecule has 0 radical (unpaired) electrons. The molecule has 0 bridgehead atoms. The number of carbonyl (C=O) groups is 1. The highest BCUT2D eigenvalue weighted by molar-refractivity contribution is 7.99.